The fourth-order valence-corrected chi connectivity index (χ4v) is 7.94. The Bertz CT molecular complexity index is 1590. The van der Waals surface area contributed by atoms with Crippen LogP contribution in [0.3, 0.4) is 0 Å². The third-order valence-corrected chi connectivity index (χ3v) is 11.2. The van der Waals surface area contributed by atoms with Crippen LogP contribution in [-0.4, -0.2) is 144 Å². The summed E-state index contributed by atoms with van der Waals surface area (Å²) in [5.41, 5.74) is 16.6. The second-order valence-electron chi connectivity index (χ2n) is 15.6. The third-order valence-electron chi connectivity index (χ3n) is 11.2. The van der Waals surface area contributed by atoms with Crippen LogP contribution in [0.4, 0.5) is 4.79 Å². The molecule has 0 bridgehead atoms. The molecule has 1 saturated carbocycles. The number of likely N-dealkylation sites (tertiary alicyclic amines) is 2. The van der Waals surface area contributed by atoms with Crippen LogP contribution in [0.5, 0.6) is 0 Å². The van der Waals surface area contributed by atoms with E-state index in [9.17, 15) is 33.9 Å². The van der Waals surface area contributed by atoms with Crippen molar-refractivity contribution in [3.05, 3.63) is 35.9 Å². The van der Waals surface area contributed by atoms with Gasteiger partial charge in [-0.3, -0.25) is 24.2 Å². The normalized spacial score (nSPS) is 23.1. The summed E-state index contributed by atoms with van der Waals surface area (Å²) in [6.07, 6.45) is 5.04. The SMILES string of the molecule is COC(=O)C1(O)CCCC[C@@H](OC(=O)N(C)CCCNC(=O)[C@@H]2CCCN2C(=O)[C@H](CCCN=C(N)N)NC(=O)[C@@H]2CCCN2C(=O)[C@H](N)Cc2ccccc2)CC1. The lowest BCUT2D eigenvalue weighted by Crippen LogP contribution is -2.57. The van der Waals surface area contributed by atoms with Gasteiger partial charge in [0.25, 0.3) is 0 Å². The summed E-state index contributed by atoms with van der Waals surface area (Å²) < 4.78 is 10.5. The minimum atomic E-state index is -1.59. The van der Waals surface area contributed by atoms with E-state index in [2.05, 4.69) is 15.6 Å². The smallest absolute Gasteiger partial charge is 0.409 e. The molecule has 6 atom stereocenters. The number of hydrogen-bond donors (Lipinski definition) is 6. The van der Waals surface area contributed by atoms with Gasteiger partial charge in [0.05, 0.1) is 13.2 Å². The maximum Gasteiger partial charge on any atom is 0.409 e. The lowest BCUT2D eigenvalue weighted by molar-refractivity contribution is -0.165. The summed E-state index contributed by atoms with van der Waals surface area (Å²) in [6, 6.07) is 6.04. The molecule has 1 aliphatic carbocycles. The van der Waals surface area contributed by atoms with Crippen LogP contribution >= 0.6 is 0 Å². The van der Waals surface area contributed by atoms with E-state index in [0.717, 1.165) is 5.56 Å². The standard InChI is InChI=1S/C40H63N9O9/c1-47(39(55)58-28-14-6-7-19-40(56,20-18-28)37(54)57-2)23-11-22-44-33(50)31-16-9-25-49(31)36(53)30(15-8-21-45-38(42)43)46-34(51)32-17-10-24-48(32)35(52)29(41)26-27-12-4-3-5-13-27/h3-5,12-13,28-32,56H,6-11,14-26,41H2,1-2H3,(H,44,50)(H,46,51)(H4,42,43,45)/t28-,29-,30+,31+,32+,40?/m1/s1. The number of aliphatic hydroxyl groups is 1. The second-order valence-corrected chi connectivity index (χ2v) is 15.6. The van der Waals surface area contributed by atoms with Gasteiger partial charge in [-0.25, -0.2) is 9.59 Å². The maximum atomic E-state index is 14.1. The molecule has 3 aliphatic rings. The Hall–Kier alpha value is -4.97. The molecule has 3 fully saturated rings. The Labute approximate surface area is 340 Å². The Kier molecular flexibility index (Phi) is 17.5. The van der Waals surface area contributed by atoms with Crippen LogP contribution in [0.25, 0.3) is 0 Å². The van der Waals surface area contributed by atoms with Crippen molar-refractivity contribution >= 4 is 41.7 Å². The van der Waals surface area contributed by atoms with Crippen molar-refractivity contribution in [3.8, 4) is 0 Å². The minimum absolute atomic E-state index is 0.0936. The third kappa shape index (κ3) is 13.0. The number of guanidine groups is 1. The van der Waals surface area contributed by atoms with Gasteiger partial charge in [0.1, 0.15) is 24.2 Å². The first-order valence-electron chi connectivity index (χ1n) is 20.5. The average Bonchev–Trinajstić information content (AvgIpc) is 3.91. The van der Waals surface area contributed by atoms with Crippen molar-refractivity contribution < 1.29 is 43.3 Å². The zero-order valence-electron chi connectivity index (χ0n) is 33.9. The van der Waals surface area contributed by atoms with Crippen LogP contribution in [-0.2, 0) is 39.9 Å². The quantitative estimate of drug-likeness (QED) is 0.0536. The van der Waals surface area contributed by atoms with Gasteiger partial charge in [-0.1, -0.05) is 30.3 Å². The van der Waals surface area contributed by atoms with Gasteiger partial charge in [0.2, 0.25) is 23.6 Å². The summed E-state index contributed by atoms with van der Waals surface area (Å²) in [6.45, 7) is 1.45. The molecule has 1 unspecified atom stereocenters. The molecule has 58 heavy (non-hydrogen) atoms. The van der Waals surface area contributed by atoms with Crippen LogP contribution in [0.15, 0.2) is 35.3 Å². The predicted molar refractivity (Wildman–Crippen MR) is 215 cm³/mol. The molecule has 18 nitrogen and oxygen atoms in total. The van der Waals surface area contributed by atoms with Gasteiger partial charge >= 0.3 is 12.1 Å². The van der Waals surface area contributed by atoms with Crippen molar-refractivity contribution in [1.82, 2.24) is 25.3 Å². The van der Waals surface area contributed by atoms with Gasteiger partial charge in [-0.15, -0.1) is 0 Å². The number of hydrogen-bond acceptors (Lipinski definition) is 11. The summed E-state index contributed by atoms with van der Waals surface area (Å²) in [5.74, 6) is -2.32. The molecule has 322 valence electrons. The van der Waals surface area contributed by atoms with Crippen molar-refractivity contribution in [1.29, 1.82) is 0 Å². The first kappa shape index (κ1) is 45.7. The molecule has 0 spiro atoms. The number of nitrogens with one attached hydrogen (secondary N) is 2. The van der Waals surface area contributed by atoms with E-state index in [1.807, 2.05) is 30.3 Å². The van der Waals surface area contributed by atoms with Crippen LogP contribution in [0, 0.1) is 0 Å². The number of carbonyl (C=O) groups is 6. The number of esters is 1. The Balaban J connectivity index is 1.29. The van der Waals surface area contributed by atoms with E-state index in [1.54, 1.807) is 7.05 Å². The van der Waals surface area contributed by atoms with Gasteiger partial charge < -0.3 is 57.1 Å². The number of nitrogens with zero attached hydrogens (tertiary/aromatic N) is 4. The second kappa shape index (κ2) is 22.3. The van der Waals surface area contributed by atoms with E-state index in [1.165, 1.54) is 21.8 Å². The van der Waals surface area contributed by atoms with E-state index in [0.29, 0.717) is 90.1 Å². The fourth-order valence-electron chi connectivity index (χ4n) is 7.94. The molecule has 2 saturated heterocycles. The Morgan fingerprint density at radius 1 is 0.914 bits per heavy atom. The molecule has 2 aliphatic heterocycles. The van der Waals surface area contributed by atoms with Crippen LogP contribution in [0.1, 0.15) is 89.0 Å². The summed E-state index contributed by atoms with van der Waals surface area (Å²) in [5, 5.41) is 16.5. The topological polar surface area (TPSA) is 265 Å². The first-order chi connectivity index (χ1) is 27.7. The highest BCUT2D eigenvalue weighted by atomic mass is 16.6. The molecular weight excluding hydrogens is 750 g/mol. The Morgan fingerprint density at radius 2 is 1.59 bits per heavy atom. The van der Waals surface area contributed by atoms with Gasteiger partial charge in [-0.05, 0) is 95.5 Å². The molecule has 0 radical (unpaired) electrons. The van der Waals surface area contributed by atoms with Crippen molar-refractivity contribution in [3.63, 3.8) is 0 Å². The number of rotatable bonds is 17. The fraction of sp³-hybridized carbons (Fsp3) is 0.675. The number of methoxy groups -OCH3 is 1. The highest BCUT2D eigenvalue weighted by molar-refractivity contribution is 5.95. The largest absolute Gasteiger partial charge is 0.467 e. The molecule has 2 heterocycles. The van der Waals surface area contributed by atoms with Crippen LogP contribution in [0.2, 0.25) is 0 Å². The number of ether oxygens (including phenoxy) is 2. The monoisotopic (exact) mass is 813 g/mol. The lowest BCUT2D eigenvalue weighted by atomic mass is 9.86. The van der Waals surface area contributed by atoms with Gasteiger partial charge in [0, 0.05) is 39.8 Å². The van der Waals surface area contributed by atoms with E-state index in [-0.39, 0.29) is 50.2 Å². The maximum absolute atomic E-state index is 14.1. The molecule has 9 N–H and O–H groups in total. The highest BCUT2D eigenvalue weighted by Crippen LogP contribution is 2.29. The number of amides is 5. The number of nitrogens with two attached hydrogens (primary N) is 3. The van der Waals surface area contributed by atoms with Gasteiger partial charge in [0.15, 0.2) is 11.6 Å². The summed E-state index contributed by atoms with van der Waals surface area (Å²) >= 11 is 0. The lowest BCUT2D eigenvalue weighted by Gasteiger charge is -2.31. The summed E-state index contributed by atoms with van der Waals surface area (Å²) in [4.78, 5) is 88.1. The van der Waals surface area contributed by atoms with Gasteiger partial charge in [-0.2, -0.15) is 0 Å². The van der Waals surface area contributed by atoms with Crippen molar-refractivity contribution in [2.45, 2.75) is 126 Å². The van der Waals surface area contributed by atoms with Crippen LogP contribution < -0.4 is 27.8 Å². The van der Waals surface area contributed by atoms with E-state index >= 15 is 0 Å². The summed E-state index contributed by atoms with van der Waals surface area (Å²) in [7, 11) is 2.83. The van der Waals surface area contributed by atoms with Crippen molar-refractivity contribution in [2.75, 3.05) is 46.9 Å². The molecule has 18 heteroatoms. The highest BCUT2D eigenvalue weighted by Gasteiger charge is 2.41. The average molecular weight is 814 g/mol. The molecule has 1 aromatic carbocycles. The number of benzene rings is 1. The molecular formula is C40H63N9O9. The predicted octanol–water partition coefficient (Wildman–Crippen LogP) is 0.278. The molecule has 4 rings (SSSR count). The molecule has 0 aromatic heterocycles. The Morgan fingerprint density at radius 3 is 2.26 bits per heavy atom. The van der Waals surface area contributed by atoms with Crippen molar-refractivity contribution in [2.24, 2.45) is 22.2 Å². The zero-order chi connectivity index (χ0) is 42.2. The molecule has 1 aromatic rings. The zero-order valence-corrected chi connectivity index (χ0v) is 33.9. The molecule has 5 amide bonds. The van der Waals surface area contributed by atoms with E-state index in [4.69, 9.17) is 26.7 Å². The first-order valence-corrected chi connectivity index (χ1v) is 20.5. The number of carbonyl (C=O) groups excluding carboxylic acids is 6. The minimum Gasteiger partial charge on any atom is -0.467 e. The van der Waals surface area contributed by atoms with E-state index < -0.39 is 59.7 Å². The number of aliphatic imine (C=N–C) groups is 1.